The second kappa shape index (κ2) is 5.86. The molecular weight excluding hydrogens is 266 g/mol. The van der Waals surface area contributed by atoms with Crippen molar-refractivity contribution in [3.63, 3.8) is 0 Å². The molecule has 6 heteroatoms. The van der Waals surface area contributed by atoms with Crippen LogP contribution in [-0.4, -0.2) is 65.1 Å². The summed E-state index contributed by atoms with van der Waals surface area (Å²) in [5, 5.41) is 10.1. The van der Waals surface area contributed by atoms with E-state index in [9.17, 15) is 9.90 Å². The molecule has 1 N–H and O–H groups in total. The molecule has 0 saturated carbocycles. The van der Waals surface area contributed by atoms with Crippen LogP contribution in [0.25, 0.3) is 0 Å². The molecule has 2 unspecified atom stereocenters. The van der Waals surface area contributed by atoms with Gasteiger partial charge in [0.15, 0.2) is 0 Å². The van der Waals surface area contributed by atoms with Gasteiger partial charge in [-0.3, -0.25) is 4.79 Å². The number of β-amino-alcohol motifs (C(OH)–C–C–N with tert-alkyl or cyclic N) is 1. The van der Waals surface area contributed by atoms with Gasteiger partial charge in [-0.05, 0) is 32.6 Å². The van der Waals surface area contributed by atoms with E-state index in [1.165, 1.54) is 6.20 Å². The fourth-order valence-electron chi connectivity index (χ4n) is 2.44. The number of aliphatic hydroxyl groups is 1. The third-order valence-corrected chi connectivity index (χ3v) is 3.41. The van der Waals surface area contributed by atoms with E-state index in [4.69, 9.17) is 11.6 Å². The summed E-state index contributed by atoms with van der Waals surface area (Å²) >= 11 is 5.81. The van der Waals surface area contributed by atoms with Crippen molar-refractivity contribution in [1.82, 2.24) is 14.8 Å². The Bertz CT molecular complexity index is 467. The Hall–Kier alpha value is -1.17. The van der Waals surface area contributed by atoms with Gasteiger partial charge in [-0.1, -0.05) is 11.6 Å². The van der Waals surface area contributed by atoms with E-state index in [2.05, 4.69) is 4.98 Å². The average Bonchev–Trinajstić information content (AvgIpc) is 2.68. The number of carbonyl (C=O) groups excluding carboxylic acids is 1. The van der Waals surface area contributed by atoms with Crippen LogP contribution < -0.4 is 0 Å². The molecule has 0 aromatic carbocycles. The van der Waals surface area contributed by atoms with Gasteiger partial charge in [0, 0.05) is 30.9 Å². The molecule has 1 amide bonds. The predicted molar refractivity (Wildman–Crippen MR) is 73.2 cm³/mol. The van der Waals surface area contributed by atoms with Crippen LogP contribution in [0.4, 0.5) is 0 Å². The van der Waals surface area contributed by atoms with Crippen molar-refractivity contribution in [2.45, 2.75) is 18.6 Å². The standard InChI is InChI=1S/C13H18ClN3O2/c1-16(2)7-10-6-11(18)8-17(10)13(19)9-3-4-15-12(14)5-9/h3-5,10-11,18H,6-8H2,1-2H3. The van der Waals surface area contributed by atoms with Gasteiger partial charge < -0.3 is 14.9 Å². The lowest BCUT2D eigenvalue weighted by atomic mass is 10.1. The fraction of sp³-hybridized carbons (Fsp3) is 0.538. The van der Waals surface area contributed by atoms with Crippen LogP contribution in [0.15, 0.2) is 18.3 Å². The summed E-state index contributed by atoms with van der Waals surface area (Å²) in [6.07, 6.45) is 1.68. The number of carbonyl (C=O) groups is 1. The first-order chi connectivity index (χ1) is 8.97. The van der Waals surface area contributed by atoms with Gasteiger partial charge in [0.05, 0.1) is 6.10 Å². The number of likely N-dealkylation sites (tertiary alicyclic amines) is 1. The molecule has 1 aliphatic heterocycles. The van der Waals surface area contributed by atoms with Crippen LogP contribution in [0.1, 0.15) is 16.8 Å². The highest BCUT2D eigenvalue weighted by Gasteiger charge is 2.34. The highest BCUT2D eigenvalue weighted by Crippen LogP contribution is 2.21. The second-order valence-electron chi connectivity index (χ2n) is 5.13. The minimum atomic E-state index is -0.453. The molecule has 1 aliphatic rings. The smallest absolute Gasteiger partial charge is 0.254 e. The molecule has 1 aromatic rings. The lowest BCUT2D eigenvalue weighted by Gasteiger charge is -2.26. The summed E-state index contributed by atoms with van der Waals surface area (Å²) in [7, 11) is 3.91. The van der Waals surface area contributed by atoms with Crippen molar-refractivity contribution in [1.29, 1.82) is 0 Å². The molecule has 2 rings (SSSR count). The quantitative estimate of drug-likeness (QED) is 0.837. The van der Waals surface area contributed by atoms with Gasteiger partial charge in [-0.15, -0.1) is 0 Å². The number of pyridine rings is 1. The number of amides is 1. The minimum absolute atomic E-state index is 0.0319. The summed E-state index contributed by atoms with van der Waals surface area (Å²) in [4.78, 5) is 20.0. The number of aromatic nitrogens is 1. The van der Waals surface area contributed by atoms with Crippen LogP contribution in [0.2, 0.25) is 5.15 Å². The minimum Gasteiger partial charge on any atom is -0.391 e. The van der Waals surface area contributed by atoms with Gasteiger partial charge >= 0.3 is 0 Å². The van der Waals surface area contributed by atoms with Gasteiger partial charge in [-0.2, -0.15) is 0 Å². The zero-order valence-corrected chi connectivity index (χ0v) is 11.8. The number of nitrogens with zero attached hydrogens (tertiary/aromatic N) is 3. The van der Waals surface area contributed by atoms with Gasteiger partial charge in [-0.25, -0.2) is 4.98 Å². The Morgan fingerprint density at radius 2 is 2.37 bits per heavy atom. The third-order valence-electron chi connectivity index (χ3n) is 3.20. The van der Waals surface area contributed by atoms with E-state index < -0.39 is 6.10 Å². The number of likely N-dealkylation sites (N-methyl/N-ethyl adjacent to an activating group) is 1. The van der Waals surface area contributed by atoms with Crippen molar-refractivity contribution in [3.8, 4) is 0 Å². The molecule has 0 bridgehead atoms. The summed E-state index contributed by atoms with van der Waals surface area (Å²) in [5.74, 6) is -0.104. The number of hydrogen-bond donors (Lipinski definition) is 1. The van der Waals surface area contributed by atoms with Crippen LogP contribution in [0.5, 0.6) is 0 Å². The van der Waals surface area contributed by atoms with E-state index in [0.717, 1.165) is 6.54 Å². The molecule has 1 aromatic heterocycles. The first kappa shape index (κ1) is 14.2. The van der Waals surface area contributed by atoms with Crippen molar-refractivity contribution in [3.05, 3.63) is 29.0 Å². The Morgan fingerprint density at radius 1 is 1.63 bits per heavy atom. The largest absolute Gasteiger partial charge is 0.391 e. The zero-order chi connectivity index (χ0) is 14.0. The topological polar surface area (TPSA) is 56.7 Å². The van der Waals surface area contributed by atoms with Gasteiger partial charge in [0.1, 0.15) is 5.15 Å². The summed E-state index contributed by atoms with van der Waals surface area (Å²) < 4.78 is 0. The van der Waals surface area contributed by atoms with Crippen LogP contribution in [0, 0.1) is 0 Å². The molecular formula is C13H18ClN3O2. The number of rotatable bonds is 3. The van der Waals surface area contributed by atoms with E-state index in [0.29, 0.717) is 23.7 Å². The molecule has 104 valence electrons. The zero-order valence-electron chi connectivity index (χ0n) is 11.1. The lowest BCUT2D eigenvalue weighted by molar-refractivity contribution is 0.0699. The summed E-state index contributed by atoms with van der Waals surface area (Å²) in [6.45, 7) is 1.11. The summed E-state index contributed by atoms with van der Waals surface area (Å²) in [6, 6.07) is 3.23. The SMILES string of the molecule is CN(C)CC1CC(O)CN1C(=O)c1ccnc(Cl)c1. The first-order valence-corrected chi connectivity index (χ1v) is 6.60. The van der Waals surface area contributed by atoms with E-state index >= 15 is 0 Å². The average molecular weight is 284 g/mol. The van der Waals surface area contributed by atoms with Crippen LogP contribution in [0.3, 0.4) is 0 Å². The normalized spacial score (nSPS) is 23.1. The summed E-state index contributed by atoms with van der Waals surface area (Å²) in [5.41, 5.74) is 0.512. The van der Waals surface area contributed by atoms with Gasteiger partial charge in [0.25, 0.3) is 5.91 Å². The Morgan fingerprint density at radius 3 is 3.00 bits per heavy atom. The maximum atomic E-state index is 12.4. The van der Waals surface area contributed by atoms with Crippen LogP contribution >= 0.6 is 11.6 Å². The van der Waals surface area contributed by atoms with Crippen molar-refractivity contribution >= 4 is 17.5 Å². The van der Waals surface area contributed by atoms with Crippen LogP contribution in [-0.2, 0) is 0 Å². The highest BCUT2D eigenvalue weighted by atomic mass is 35.5. The molecule has 1 fully saturated rings. The maximum Gasteiger partial charge on any atom is 0.254 e. The molecule has 2 atom stereocenters. The molecule has 0 aliphatic carbocycles. The molecule has 0 spiro atoms. The molecule has 2 heterocycles. The van der Waals surface area contributed by atoms with Crippen molar-refractivity contribution in [2.75, 3.05) is 27.2 Å². The fourth-order valence-corrected chi connectivity index (χ4v) is 2.61. The maximum absolute atomic E-state index is 12.4. The molecule has 19 heavy (non-hydrogen) atoms. The predicted octanol–water partition coefficient (Wildman–Crippen LogP) is 0.872. The number of aliphatic hydroxyl groups excluding tert-OH is 1. The van der Waals surface area contributed by atoms with E-state index in [1.807, 2.05) is 19.0 Å². The third kappa shape index (κ3) is 3.43. The number of hydrogen-bond acceptors (Lipinski definition) is 4. The van der Waals surface area contributed by atoms with Crippen molar-refractivity contribution < 1.29 is 9.90 Å². The Kier molecular flexibility index (Phi) is 4.39. The monoisotopic (exact) mass is 283 g/mol. The molecule has 0 radical (unpaired) electrons. The second-order valence-corrected chi connectivity index (χ2v) is 5.52. The first-order valence-electron chi connectivity index (χ1n) is 6.22. The van der Waals surface area contributed by atoms with E-state index in [-0.39, 0.29) is 11.9 Å². The Labute approximate surface area is 117 Å². The molecule has 5 nitrogen and oxygen atoms in total. The van der Waals surface area contributed by atoms with Gasteiger partial charge in [0.2, 0.25) is 0 Å². The molecule has 1 saturated heterocycles. The number of halogens is 1. The Balaban J connectivity index is 2.17. The van der Waals surface area contributed by atoms with Crippen molar-refractivity contribution in [2.24, 2.45) is 0 Å². The highest BCUT2D eigenvalue weighted by molar-refractivity contribution is 6.29. The lowest BCUT2D eigenvalue weighted by Crippen LogP contribution is -2.41. The van der Waals surface area contributed by atoms with E-state index in [1.54, 1.807) is 17.0 Å².